The molecule has 1 aromatic rings. The van der Waals surface area contributed by atoms with Gasteiger partial charge in [0.1, 0.15) is 0 Å². The largest absolute Gasteiger partial charge is 0.342 e. The van der Waals surface area contributed by atoms with Gasteiger partial charge in [0.05, 0.1) is 18.6 Å². The zero-order valence-corrected chi connectivity index (χ0v) is 17.4. The zero-order valence-electron chi connectivity index (χ0n) is 15.0. The molecule has 1 saturated heterocycles. The minimum absolute atomic E-state index is 0.0810. The van der Waals surface area contributed by atoms with E-state index in [0.29, 0.717) is 10.3 Å². The number of likely N-dealkylation sites (N-methyl/N-ethyl adjacent to an activating group) is 1. The SMILES string of the molecule is CC1CCN(C(=O)CSc2nnc(NC(=O)CN(C)S(C)(=O)=O)s2)CC1. The van der Waals surface area contributed by atoms with Crippen molar-refractivity contribution in [3.05, 3.63) is 0 Å². The van der Waals surface area contributed by atoms with Gasteiger partial charge in [0.2, 0.25) is 27.0 Å². The number of nitrogens with zero attached hydrogens (tertiary/aromatic N) is 4. The van der Waals surface area contributed by atoms with Crippen LogP contribution in [0, 0.1) is 5.92 Å². The zero-order chi connectivity index (χ0) is 19.3. The minimum Gasteiger partial charge on any atom is -0.342 e. The highest BCUT2D eigenvalue weighted by molar-refractivity contribution is 8.01. The molecule has 2 heterocycles. The van der Waals surface area contributed by atoms with E-state index >= 15 is 0 Å². The van der Waals surface area contributed by atoms with Crippen LogP contribution in [0.25, 0.3) is 0 Å². The van der Waals surface area contributed by atoms with Gasteiger partial charge in [0.25, 0.3) is 0 Å². The summed E-state index contributed by atoms with van der Waals surface area (Å²) in [4.78, 5) is 25.9. The lowest BCUT2D eigenvalue weighted by atomic mass is 9.99. The molecule has 0 radical (unpaired) electrons. The quantitative estimate of drug-likeness (QED) is 0.510. The van der Waals surface area contributed by atoms with Crippen LogP contribution in [0.5, 0.6) is 0 Å². The summed E-state index contributed by atoms with van der Waals surface area (Å²) in [6.45, 7) is 3.49. The molecule has 1 N–H and O–H groups in total. The Morgan fingerprint density at radius 3 is 2.62 bits per heavy atom. The van der Waals surface area contributed by atoms with Gasteiger partial charge in [-0.15, -0.1) is 10.2 Å². The molecule has 9 nitrogen and oxygen atoms in total. The fraction of sp³-hybridized carbons (Fsp3) is 0.714. The third-order valence-electron chi connectivity index (χ3n) is 4.04. The molecule has 0 saturated carbocycles. The van der Waals surface area contributed by atoms with Crippen molar-refractivity contribution in [1.82, 2.24) is 19.4 Å². The van der Waals surface area contributed by atoms with E-state index in [4.69, 9.17) is 0 Å². The van der Waals surface area contributed by atoms with Gasteiger partial charge < -0.3 is 4.90 Å². The first-order chi connectivity index (χ1) is 12.1. The number of anilines is 1. The molecule has 2 amide bonds. The number of thioether (sulfide) groups is 1. The van der Waals surface area contributed by atoms with Gasteiger partial charge in [-0.25, -0.2) is 8.42 Å². The van der Waals surface area contributed by atoms with Crippen molar-refractivity contribution in [2.45, 2.75) is 24.1 Å². The molecule has 26 heavy (non-hydrogen) atoms. The molecule has 2 rings (SSSR count). The third kappa shape index (κ3) is 6.49. The summed E-state index contributed by atoms with van der Waals surface area (Å²) in [5, 5.41) is 10.6. The maximum absolute atomic E-state index is 12.2. The first-order valence-corrected chi connectivity index (χ1v) is 11.8. The normalized spacial score (nSPS) is 16.1. The maximum atomic E-state index is 12.2. The first-order valence-electron chi connectivity index (χ1n) is 8.10. The molecule has 1 aromatic heterocycles. The fourth-order valence-electron chi connectivity index (χ4n) is 2.27. The van der Waals surface area contributed by atoms with Gasteiger partial charge in [-0.05, 0) is 18.8 Å². The Morgan fingerprint density at radius 2 is 2.00 bits per heavy atom. The minimum atomic E-state index is -3.42. The van der Waals surface area contributed by atoms with Crippen LogP contribution in [-0.2, 0) is 19.6 Å². The molecule has 0 spiro atoms. The van der Waals surface area contributed by atoms with Crippen LogP contribution in [-0.4, -0.2) is 78.3 Å². The average Bonchev–Trinajstić information content (AvgIpc) is 2.99. The van der Waals surface area contributed by atoms with Crippen LogP contribution in [0.15, 0.2) is 4.34 Å². The summed E-state index contributed by atoms with van der Waals surface area (Å²) in [5.74, 6) is 0.540. The number of hydrogen-bond donors (Lipinski definition) is 1. The van der Waals surface area contributed by atoms with E-state index in [1.54, 1.807) is 0 Å². The average molecular weight is 422 g/mol. The number of aromatic nitrogens is 2. The van der Waals surface area contributed by atoms with E-state index in [1.807, 2.05) is 4.90 Å². The molecule has 146 valence electrons. The number of carbonyl (C=O) groups excluding carboxylic acids is 2. The molecule has 0 bridgehead atoms. The number of nitrogens with one attached hydrogen (secondary N) is 1. The van der Waals surface area contributed by atoms with Crippen LogP contribution < -0.4 is 5.32 Å². The van der Waals surface area contributed by atoms with E-state index in [2.05, 4.69) is 22.4 Å². The van der Waals surface area contributed by atoms with Gasteiger partial charge in [-0.3, -0.25) is 14.9 Å². The molecule has 1 aliphatic heterocycles. The summed E-state index contributed by atoms with van der Waals surface area (Å²) in [5.41, 5.74) is 0. The standard InChI is InChI=1S/C14H23N5O4S3/c1-10-4-6-19(7-5-10)12(21)9-24-14-17-16-13(25-14)15-11(20)8-18(2)26(3,22)23/h10H,4-9H2,1-3H3,(H,15,16,20). The first kappa shape index (κ1) is 21.1. The van der Waals surface area contributed by atoms with E-state index in [-0.39, 0.29) is 23.3 Å². The molecule has 0 aromatic carbocycles. The third-order valence-corrected chi connectivity index (χ3v) is 7.26. The highest BCUT2D eigenvalue weighted by Crippen LogP contribution is 2.26. The molecule has 0 atom stereocenters. The van der Waals surface area contributed by atoms with E-state index in [9.17, 15) is 18.0 Å². The summed E-state index contributed by atoms with van der Waals surface area (Å²) >= 11 is 2.44. The van der Waals surface area contributed by atoms with Crippen LogP contribution in [0.1, 0.15) is 19.8 Å². The summed E-state index contributed by atoms with van der Waals surface area (Å²) in [6, 6.07) is 0. The monoisotopic (exact) mass is 421 g/mol. The van der Waals surface area contributed by atoms with E-state index < -0.39 is 15.9 Å². The summed E-state index contributed by atoms with van der Waals surface area (Å²) < 4.78 is 24.1. The number of likely N-dealkylation sites (tertiary alicyclic amines) is 1. The van der Waals surface area contributed by atoms with Gasteiger partial charge in [-0.1, -0.05) is 30.0 Å². The van der Waals surface area contributed by atoms with Crippen molar-refractivity contribution in [2.75, 3.05) is 44.0 Å². The summed E-state index contributed by atoms with van der Waals surface area (Å²) in [7, 11) is -2.10. The Bertz CT molecular complexity index is 744. The fourth-order valence-corrected chi connectivity index (χ4v) is 4.29. The lowest BCUT2D eigenvalue weighted by molar-refractivity contribution is -0.129. The second kappa shape index (κ2) is 9.11. The molecular formula is C14H23N5O4S3. The molecular weight excluding hydrogens is 398 g/mol. The lowest BCUT2D eigenvalue weighted by Crippen LogP contribution is -2.38. The van der Waals surface area contributed by atoms with Crippen molar-refractivity contribution in [2.24, 2.45) is 5.92 Å². The Labute approximate surface area is 161 Å². The van der Waals surface area contributed by atoms with Crippen LogP contribution in [0.4, 0.5) is 5.13 Å². The highest BCUT2D eigenvalue weighted by Gasteiger charge is 2.21. The number of rotatable bonds is 7. The number of amides is 2. The van der Waals surface area contributed by atoms with E-state index in [1.165, 1.54) is 18.8 Å². The van der Waals surface area contributed by atoms with Gasteiger partial charge in [0.15, 0.2) is 4.34 Å². The van der Waals surface area contributed by atoms with Crippen LogP contribution in [0.2, 0.25) is 0 Å². The Balaban J connectivity index is 1.78. The predicted octanol–water partition coefficient (Wildman–Crippen LogP) is 0.719. The Hall–Kier alpha value is -1.24. The molecule has 1 aliphatic rings. The second-order valence-electron chi connectivity index (χ2n) is 6.29. The van der Waals surface area contributed by atoms with Gasteiger partial charge in [0, 0.05) is 20.1 Å². The molecule has 0 unspecified atom stereocenters. The van der Waals surface area contributed by atoms with Crippen molar-refractivity contribution < 1.29 is 18.0 Å². The van der Waals surface area contributed by atoms with Gasteiger partial charge >= 0.3 is 0 Å². The number of hydrogen-bond acceptors (Lipinski definition) is 8. The van der Waals surface area contributed by atoms with Crippen LogP contribution in [0.3, 0.4) is 0 Å². The number of sulfonamides is 1. The van der Waals surface area contributed by atoms with Gasteiger partial charge in [-0.2, -0.15) is 4.31 Å². The second-order valence-corrected chi connectivity index (χ2v) is 10.6. The highest BCUT2D eigenvalue weighted by atomic mass is 32.2. The summed E-state index contributed by atoms with van der Waals surface area (Å²) in [6.07, 6.45) is 3.10. The topological polar surface area (TPSA) is 113 Å². The maximum Gasteiger partial charge on any atom is 0.241 e. The molecule has 12 heteroatoms. The molecule has 0 aliphatic carbocycles. The Morgan fingerprint density at radius 1 is 1.35 bits per heavy atom. The number of carbonyl (C=O) groups is 2. The molecule has 1 fully saturated rings. The lowest BCUT2D eigenvalue weighted by Gasteiger charge is -2.30. The van der Waals surface area contributed by atoms with E-state index in [0.717, 1.165) is 47.8 Å². The predicted molar refractivity (Wildman–Crippen MR) is 102 cm³/mol. The van der Waals surface area contributed by atoms with Crippen LogP contribution >= 0.6 is 23.1 Å². The van der Waals surface area contributed by atoms with Crippen molar-refractivity contribution in [3.63, 3.8) is 0 Å². The van der Waals surface area contributed by atoms with Crippen molar-refractivity contribution in [1.29, 1.82) is 0 Å². The van der Waals surface area contributed by atoms with Crippen molar-refractivity contribution in [3.8, 4) is 0 Å². The Kier molecular flexibility index (Phi) is 7.38. The number of piperidine rings is 1. The smallest absolute Gasteiger partial charge is 0.241 e. The van der Waals surface area contributed by atoms with Crippen molar-refractivity contribution >= 4 is 50.1 Å².